The van der Waals surface area contributed by atoms with E-state index in [0.29, 0.717) is 55.1 Å². The smallest absolute Gasteiger partial charge is 0.227 e. The largest absolute Gasteiger partial charge is 0.493 e. The van der Waals surface area contributed by atoms with Crippen LogP contribution >= 0.6 is 0 Å². The van der Waals surface area contributed by atoms with Crippen LogP contribution < -0.4 is 20.1 Å². The van der Waals surface area contributed by atoms with Crippen LogP contribution in [0.5, 0.6) is 11.5 Å². The van der Waals surface area contributed by atoms with Crippen molar-refractivity contribution in [2.75, 3.05) is 64.2 Å². The molecule has 2 fully saturated rings. The molecule has 2 aliphatic heterocycles. The number of methoxy groups -OCH3 is 2. The summed E-state index contributed by atoms with van der Waals surface area (Å²) in [5.41, 5.74) is 6.91. The lowest BCUT2D eigenvalue weighted by atomic mass is 9.95. The number of aromatic nitrogens is 2. The summed E-state index contributed by atoms with van der Waals surface area (Å²) in [5, 5.41) is 0.726. The molecule has 156 valence electrons. The van der Waals surface area contributed by atoms with Crippen LogP contribution in [0.4, 0.5) is 11.8 Å². The number of hydrogen-bond acceptors (Lipinski definition) is 8. The monoisotopic (exact) mass is 401 g/mol. The molecule has 2 aromatic rings. The molecule has 0 spiro atoms. The molecule has 3 heterocycles. The van der Waals surface area contributed by atoms with Gasteiger partial charge in [0.1, 0.15) is 5.82 Å². The van der Waals surface area contributed by atoms with E-state index in [2.05, 4.69) is 9.88 Å². The van der Waals surface area contributed by atoms with Crippen molar-refractivity contribution in [3.63, 3.8) is 0 Å². The zero-order valence-corrected chi connectivity index (χ0v) is 16.9. The third-order valence-corrected chi connectivity index (χ3v) is 5.67. The van der Waals surface area contributed by atoms with Gasteiger partial charge in [-0.15, -0.1) is 0 Å². The number of morpholine rings is 1. The lowest BCUT2D eigenvalue weighted by Gasteiger charge is -2.35. The van der Waals surface area contributed by atoms with E-state index in [-0.39, 0.29) is 11.8 Å². The van der Waals surface area contributed by atoms with Crippen LogP contribution in [-0.2, 0) is 9.53 Å². The topological polar surface area (TPSA) is 103 Å². The van der Waals surface area contributed by atoms with E-state index in [0.717, 1.165) is 31.3 Å². The molecule has 1 aromatic carbocycles. The molecule has 0 bridgehead atoms. The van der Waals surface area contributed by atoms with Crippen LogP contribution in [0.15, 0.2) is 12.1 Å². The van der Waals surface area contributed by atoms with Crippen molar-refractivity contribution in [1.29, 1.82) is 0 Å². The minimum absolute atomic E-state index is 0.0477. The Kier molecular flexibility index (Phi) is 5.57. The molecule has 4 rings (SSSR count). The number of amides is 1. The van der Waals surface area contributed by atoms with Gasteiger partial charge in [-0.3, -0.25) is 4.79 Å². The maximum atomic E-state index is 12.7. The average Bonchev–Trinajstić information content (AvgIpc) is 2.78. The van der Waals surface area contributed by atoms with Crippen LogP contribution in [0, 0.1) is 5.92 Å². The molecule has 2 aliphatic rings. The summed E-state index contributed by atoms with van der Waals surface area (Å²) in [4.78, 5) is 25.9. The van der Waals surface area contributed by atoms with Crippen molar-refractivity contribution in [1.82, 2.24) is 14.9 Å². The van der Waals surface area contributed by atoms with Gasteiger partial charge in [0.15, 0.2) is 11.5 Å². The number of benzene rings is 1. The number of rotatable bonds is 4. The summed E-state index contributed by atoms with van der Waals surface area (Å²) >= 11 is 0. The van der Waals surface area contributed by atoms with Gasteiger partial charge in [0.25, 0.3) is 0 Å². The number of hydrogen-bond donors (Lipinski definition) is 1. The first kappa shape index (κ1) is 19.5. The number of ether oxygens (including phenoxy) is 3. The van der Waals surface area contributed by atoms with Crippen molar-refractivity contribution in [2.45, 2.75) is 12.8 Å². The van der Waals surface area contributed by atoms with Gasteiger partial charge < -0.3 is 29.7 Å². The second-order valence-electron chi connectivity index (χ2n) is 7.33. The van der Waals surface area contributed by atoms with Gasteiger partial charge in [-0.1, -0.05) is 0 Å². The van der Waals surface area contributed by atoms with Crippen molar-refractivity contribution in [2.24, 2.45) is 5.92 Å². The highest BCUT2D eigenvalue weighted by atomic mass is 16.5. The van der Waals surface area contributed by atoms with Crippen molar-refractivity contribution >= 4 is 28.6 Å². The van der Waals surface area contributed by atoms with Gasteiger partial charge in [0.05, 0.1) is 33.0 Å². The average molecular weight is 401 g/mol. The number of anilines is 2. The first-order valence-corrected chi connectivity index (χ1v) is 9.91. The number of carbonyl (C=O) groups excluding carboxylic acids is 1. The molecular formula is C20H27N5O4. The molecular weight excluding hydrogens is 374 g/mol. The zero-order chi connectivity index (χ0) is 20.4. The number of nitrogen functional groups attached to an aromatic ring is 1. The normalized spacial score (nSPS) is 18.1. The predicted octanol–water partition coefficient (Wildman–Crippen LogP) is 1.30. The van der Waals surface area contributed by atoms with Crippen molar-refractivity contribution < 1.29 is 19.0 Å². The summed E-state index contributed by atoms with van der Waals surface area (Å²) in [7, 11) is 3.17. The Morgan fingerprint density at radius 1 is 1.07 bits per heavy atom. The van der Waals surface area contributed by atoms with Crippen LogP contribution in [0.3, 0.4) is 0 Å². The molecule has 2 N–H and O–H groups in total. The molecule has 2 saturated heterocycles. The fourth-order valence-corrected chi connectivity index (χ4v) is 3.98. The Balaban J connectivity index is 1.50. The molecule has 1 aromatic heterocycles. The van der Waals surface area contributed by atoms with Crippen LogP contribution in [0.1, 0.15) is 12.8 Å². The number of piperidine rings is 1. The predicted molar refractivity (Wildman–Crippen MR) is 109 cm³/mol. The molecule has 1 amide bonds. The Bertz CT molecular complexity index is 892. The number of nitrogens with zero attached hydrogens (tertiary/aromatic N) is 4. The summed E-state index contributed by atoms with van der Waals surface area (Å²) in [6.07, 6.45) is 1.56. The number of nitrogens with two attached hydrogens (primary N) is 1. The second-order valence-corrected chi connectivity index (χ2v) is 7.33. The minimum Gasteiger partial charge on any atom is -0.493 e. The van der Waals surface area contributed by atoms with E-state index in [9.17, 15) is 4.79 Å². The Morgan fingerprint density at radius 3 is 2.38 bits per heavy atom. The highest BCUT2D eigenvalue weighted by Gasteiger charge is 2.30. The first-order valence-electron chi connectivity index (χ1n) is 9.91. The highest BCUT2D eigenvalue weighted by molar-refractivity contribution is 5.91. The standard InChI is InChI=1S/C20H27N5O4/c1-27-16-11-14-15(12-17(16)28-2)22-20(23-18(14)21)25-5-3-13(4-6-25)19(26)24-7-9-29-10-8-24/h11-13H,3-10H2,1-2H3,(H2,21,22,23). The highest BCUT2D eigenvalue weighted by Crippen LogP contribution is 2.34. The summed E-state index contributed by atoms with van der Waals surface area (Å²) in [5.74, 6) is 2.46. The Labute approximate surface area is 169 Å². The molecule has 0 aliphatic carbocycles. The summed E-state index contributed by atoms with van der Waals surface area (Å²) in [6.45, 7) is 4.08. The summed E-state index contributed by atoms with van der Waals surface area (Å²) < 4.78 is 16.1. The third-order valence-electron chi connectivity index (χ3n) is 5.67. The van der Waals surface area contributed by atoms with Gasteiger partial charge in [-0.25, -0.2) is 4.98 Å². The van der Waals surface area contributed by atoms with Gasteiger partial charge in [0.2, 0.25) is 11.9 Å². The Morgan fingerprint density at radius 2 is 1.72 bits per heavy atom. The molecule has 0 radical (unpaired) electrons. The van der Waals surface area contributed by atoms with E-state index < -0.39 is 0 Å². The van der Waals surface area contributed by atoms with E-state index in [4.69, 9.17) is 24.9 Å². The maximum absolute atomic E-state index is 12.7. The van der Waals surface area contributed by atoms with E-state index in [1.165, 1.54) is 0 Å². The SMILES string of the molecule is COc1cc2nc(N3CCC(C(=O)N4CCOCC4)CC3)nc(N)c2cc1OC. The van der Waals surface area contributed by atoms with Crippen molar-refractivity contribution in [3.05, 3.63) is 12.1 Å². The number of carbonyl (C=O) groups is 1. The molecule has 29 heavy (non-hydrogen) atoms. The van der Waals surface area contributed by atoms with E-state index in [1.807, 2.05) is 11.0 Å². The maximum Gasteiger partial charge on any atom is 0.227 e. The van der Waals surface area contributed by atoms with Crippen LogP contribution in [0.25, 0.3) is 10.9 Å². The van der Waals surface area contributed by atoms with E-state index in [1.54, 1.807) is 20.3 Å². The fraction of sp³-hybridized carbons (Fsp3) is 0.550. The molecule has 0 unspecified atom stereocenters. The van der Waals surface area contributed by atoms with Gasteiger partial charge in [-0.2, -0.15) is 4.98 Å². The molecule has 9 nitrogen and oxygen atoms in total. The number of fused-ring (bicyclic) bond motifs is 1. The molecule has 9 heteroatoms. The van der Waals surface area contributed by atoms with Crippen LogP contribution in [0.2, 0.25) is 0 Å². The first-order chi connectivity index (χ1) is 14.1. The van der Waals surface area contributed by atoms with E-state index >= 15 is 0 Å². The van der Waals surface area contributed by atoms with Crippen LogP contribution in [-0.4, -0.2) is 74.4 Å². The molecule has 0 saturated carbocycles. The van der Waals surface area contributed by atoms with Gasteiger partial charge in [-0.05, 0) is 18.9 Å². The van der Waals surface area contributed by atoms with Gasteiger partial charge in [0, 0.05) is 43.5 Å². The lowest BCUT2D eigenvalue weighted by Crippen LogP contribution is -2.47. The Hall–Kier alpha value is -2.81. The third kappa shape index (κ3) is 3.87. The fourth-order valence-electron chi connectivity index (χ4n) is 3.98. The summed E-state index contributed by atoms with van der Waals surface area (Å²) in [6, 6.07) is 3.60. The molecule has 0 atom stereocenters. The van der Waals surface area contributed by atoms with Crippen molar-refractivity contribution in [3.8, 4) is 11.5 Å². The quantitative estimate of drug-likeness (QED) is 0.818. The second kappa shape index (κ2) is 8.28. The minimum atomic E-state index is 0.0477. The zero-order valence-electron chi connectivity index (χ0n) is 16.9. The van der Waals surface area contributed by atoms with Gasteiger partial charge >= 0.3 is 0 Å². The lowest BCUT2D eigenvalue weighted by molar-refractivity contribution is -0.140.